The van der Waals surface area contributed by atoms with Gasteiger partial charge in [-0.15, -0.1) is 0 Å². The highest BCUT2D eigenvalue weighted by Gasteiger charge is 2.20. The Morgan fingerprint density at radius 3 is 2.92 bits per heavy atom. The fourth-order valence-corrected chi connectivity index (χ4v) is 3.43. The second kappa shape index (κ2) is 7.33. The fourth-order valence-electron chi connectivity index (χ4n) is 2.33. The quantitative estimate of drug-likeness (QED) is 0.385. The normalized spacial score (nSPS) is 12.3. The zero-order valence-electron chi connectivity index (χ0n) is 13.6. The number of halogens is 1. The van der Waals surface area contributed by atoms with Crippen molar-refractivity contribution >= 4 is 40.2 Å². The summed E-state index contributed by atoms with van der Waals surface area (Å²) in [5.74, 6) is 0.222. The number of hydrogen-bond donors (Lipinski definition) is 0. The first-order valence-electron chi connectivity index (χ1n) is 7.46. The molecule has 1 atom stereocenters. The van der Waals surface area contributed by atoms with Crippen LogP contribution in [0.4, 0.5) is 0 Å². The van der Waals surface area contributed by atoms with Crippen LogP contribution < -0.4 is 5.56 Å². The third-order valence-corrected chi connectivity index (χ3v) is 4.90. The van der Waals surface area contributed by atoms with Crippen molar-refractivity contribution in [1.29, 1.82) is 0 Å². The molecule has 25 heavy (non-hydrogen) atoms. The number of carbonyl (C=O) groups is 1. The molecule has 1 unspecified atom stereocenters. The molecule has 8 heteroatoms. The molecule has 1 aromatic carbocycles. The number of rotatable bonds is 5. The van der Waals surface area contributed by atoms with Crippen molar-refractivity contribution in [2.24, 2.45) is 0 Å². The lowest BCUT2D eigenvalue weighted by molar-refractivity contribution is -0.139. The van der Waals surface area contributed by atoms with Crippen LogP contribution in [0.3, 0.4) is 0 Å². The van der Waals surface area contributed by atoms with Crippen molar-refractivity contribution in [2.45, 2.75) is 23.9 Å². The van der Waals surface area contributed by atoms with E-state index in [1.165, 1.54) is 11.7 Å². The molecule has 0 aliphatic carbocycles. The van der Waals surface area contributed by atoms with Crippen LogP contribution in [-0.2, 0) is 16.1 Å². The third kappa shape index (κ3) is 3.72. The Morgan fingerprint density at radius 1 is 1.44 bits per heavy atom. The van der Waals surface area contributed by atoms with Gasteiger partial charge in [0.25, 0.3) is 5.56 Å². The first-order valence-corrected chi connectivity index (χ1v) is 8.72. The highest BCUT2D eigenvalue weighted by Crippen LogP contribution is 2.25. The number of furan rings is 1. The molecular weight excluding hydrogens is 364 g/mol. The van der Waals surface area contributed by atoms with Gasteiger partial charge in [0.15, 0.2) is 5.16 Å². The van der Waals surface area contributed by atoms with Crippen LogP contribution in [0.1, 0.15) is 12.7 Å². The van der Waals surface area contributed by atoms with E-state index in [2.05, 4.69) is 4.98 Å². The number of ether oxygens (including phenoxy) is 1. The standard InChI is InChI=1S/C17H15ClN2O4S/c1-10(16(22)23-2)25-17-19-14-8-11(18)5-6-13(14)15(21)20(17)9-12-4-3-7-24-12/h3-8,10H,9H2,1-2H3. The maximum Gasteiger partial charge on any atom is 0.318 e. The zero-order chi connectivity index (χ0) is 18.0. The number of thioether (sulfide) groups is 1. The fraction of sp³-hybridized carbons (Fsp3) is 0.235. The predicted octanol–water partition coefficient (Wildman–Crippen LogP) is 3.34. The molecule has 2 aromatic heterocycles. The van der Waals surface area contributed by atoms with E-state index in [1.54, 1.807) is 43.5 Å². The number of esters is 1. The molecule has 2 heterocycles. The lowest BCUT2D eigenvalue weighted by Crippen LogP contribution is -2.25. The summed E-state index contributed by atoms with van der Waals surface area (Å²) in [5, 5.41) is 0.816. The molecule has 130 valence electrons. The lowest BCUT2D eigenvalue weighted by Gasteiger charge is -2.14. The monoisotopic (exact) mass is 378 g/mol. The van der Waals surface area contributed by atoms with E-state index in [1.807, 2.05) is 0 Å². The van der Waals surface area contributed by atoms with Crippen LogP contribution in [0.2, 0.25) is 5.02 Å². The number of methoxy groups -OCH3 is 1. The smallest absolute Gasteiger partial charge is 0.318 e. The Hall–Kier alpha value is -2.25. The van der Waals surface area contributed by atoms with Gasteiger partial charge < -0.3 is 9.15 Å². The summed E-state index contributed by atoms with van der Waals surface area (Å²) < 4.78 is 11.6. The van der Waals surface area contributed by atoms with Crippen LogP contribution in [-0.4, -0.2) is 27.9 Å². The summed E-state index contributed by atoms with van der Waals surface area (Å²) in [6.45, 7) is 1.91. The van der Waals surface area contributed by atoms with Gasteiger partial charge in [0, 0.05) is 5.02 Å². The van der Waals surface area contributed by atoms with Crippen LogP contribution in [0, 0.1) is 0 Å². The maximum absolute atomic E-state index is 12.9. The van der Waals surface area contributed by atoms with Gasteiger partial charge in [-0.25, -0.2) is 4.98 Å². The second-order valence-electron chi connectivity index (χ2n) is 5.31. The molecule has 0 fully saturated rings. The Balaban J connectivity index is 2.13. The average molecular weight is 379 g/mol. The Morgan fingerprint density at radius 2 is 2.24 bits per heavy atom. The van der Waals surface area contributed by atoms with Gasteiger partial charge in [0.1, 0.15) is 11.0 Å². The van der Waals surface area contributed by atoms with Crippen molar-refractivity contribution in [3.63, 3.8) is 0 Å². The van der Waals surface area contributed by atoms with Gasteiger partial charge in [-0.05, 0) is 37.3 Å². The molecule has 0 bridgehead atoms. The van der Waals surface area contributed by atoms with Crippen molar-refractivity contribution < 1.29 is 13.9 Å². The van der Waals surface area contributed by atoms with Gasteiger partial charge >= 0.3 is 5.97 Å². The third-order valence-electron chi connectivity index (χ3n) is 3.59. The van der Waals surface area contributed by atoms with Gasteiger partial charge in [-0.2, -0.15) is 0 Å². The highest BCUT2D eigenvalue weighted by molar-refractivity contribution is 8.00. The predicted molar refractivity (Wildman–Crippen MR) is 96.2 cm³/mol. The molecule has 0 spiro atoms. The largest absolute Gasteiger partial charge is 0.468 e. The highest BCUT2D eigenvalue weighted by atomic mass is 35.5. The summed E-state index contributed by atoms with van der Waals surface area (Å²) >= 11 is 7.16. The van der Waals surface area contributed by atoms with E-state index in [9.17, 15) is 9.59 Å². The lowest BCUT2D eigenvalue weighted by atomic mass is 10.2. The van der Waals surface area contributed by atoms with E-state index in [0.29, 0.717) is 26.8 Å². The molecule has 0 aliphatic rings. The van der Waals surface area contributed by atoms with E-state index in [-0.39, 0.29) is 12.1 Å². The second-order valence-corrected chi connectivity index (χ2v) is 7.05. The first-order chi connectivity index (χ1) is 12.0. The van der Waals surface area contributed by atoms with Crippen LogP contribution in [0.5, 0.6) is 0 Å². The Labute approximate surface area is 152 Å². The Kier molecular flexibility index (Phi) is 5.15. The summed E-state index contributed by atoms with van der Waals surface area (Å²) in [6, 6.07) is 8.44. The van der Waals surface area contributed by atoms with Gasteiger partial charge in [-0.1, -0.05) is 23.4 Å². The van der Waals surface area contributed by atoms with Crippen molar-refractivity contribution in [3.8, 4) is 0 Å². The number of benzene rings is 1. The maximum atomic E-state index is 12.9. The van der Waals surface area contributed by atoms with Gasteiger partial charge in [0.05, 0.1) is 30.8 Å². The molecule has 3 rings (SSSR count). The van der Waals surface area contributed by atoms with Gasteiger partial charge in [-0.3, -0.25) is 14.2 Å². The molecular formula is C17H15ClN2O4S. The topological polar surface area (TPSA) is 74.3 Å². The van der Waals surface area contributed by atoms with Crippen molar-refractivity contribution in [3.05, 3.63) is 57.7 Å². The number of hydrogen-bond acceptors (Lipinski definition) is 6. The molecule has 6 nitrogen and oxygen atoms in total. The number of aromatic nitrogens is 2. The van der Waals surface area contributed by atoms with E-state index < -0.39 is 11.2 Å². The summed E-state index contributed by atoms with van der Waals surface area (Å²) in [5.41, 5.74) is 0.255. The zero-order valence-corrected chi connectivity index (χ0v) is 15.1. The molecule has 0 radical (unpaired) electrons. The number of nitrogens with zero attached hydrogens (tertiary/aromatic N) is 2. The molecule has 0 amide bonds. The molecule has 3 aromatic rings. The molecule has 0 saturated heterocycles. The Bertz CT molecular complexity index is 969. The van der Waals surface area contributed by atoms with Crippen LogP contribution in [0.25, 0.3) is 10.9 Å². The van der Waals surface area contributed by atoms with E-state index in [4.69, 9.17) is 20.8 Å². The molecule has 0 N–H and O–H groups in total. The van der Waals surface area contributed by atoms with E-state index >= 15 is 0 Å². The van der Waals surface area contributed by atoms with Gasteiger partial charge in [0.2, 0.25) is 0 Å². The average Bonchev–Trinajstić information content (AvgIpc) is 3.10. The van der Waals surface area contributed by atoms with Crippen molar-refractivity contribution in [1.82, 2.24) is 9.55 Å². The molecule has 0 saturated carbocycles. The number of carbonyl (C=O) groups excluding carboxylic acids is 1. The van der Waals surface area contributed by atoms with Crippen molar-refractivity contribution in [2.75, 3.05) is 7.11 Å². The van der Waals surface area contributed by atoms with Crippen LogP contribution in [0.15, 0.2) is 51.0 Å². The first kappa shape index (κ1) is 17.6. The van der Waals surface area contributed by atoms with Crippen LogP contribution >= 0.6 is 23.4 Å². The summed E-state index contributed by atoms with van der Waals surface area (Å²) in [7, 11) is 1.32. The minimum absolute atomic E-state index is 0.216. The molecule has 0 aliphatic heterocycles. The minimum atomic E-state index is -0.517. The van der Waals surface area contributed by atoms with E-state index in [0.717, 1.165) is 11.8 Å². The SMILES string of the molecule is COC(=O)C(C)Sc1nc2cc(Cl)ccc2c(=O)n1Cc1ccco1. The summed E-state index contributed by atoms with van der Waals surface area (Å²) in [4.78, 5) is 29.2. The summed E-state index contributed by atoms with van der Waals surface area (Å²) in [6.07, 6.45) is 1.54. The number of fused-ring (bicyclic) bond motifs is 1. The minimum Gasteiger partial charge on any atom is -0.468 e.